The van der Waals surface area contributed by atoms with Gasteiger partial charge in [-0.2, -0.15) is 0 Å². The van der Waals surface area contributed by atoms with E-state index in [9.17, 15) is 0 Å². The highest BCUT2D eigenvalue weighted by atomic mass is 32.1. The molecule has 2 heterocycles. The molecule has 3 atom stereocenters. The second-order valence-electron chi connectivity index (χ2n) is 4.06. The molecular formula is C10H16N2OS. The zero-order chi connectivity index (χ0) is 10.3. The molecule has 0 amide bonds. The molecule has 0 aliphatic carbocycles. The van der Waals surface area contributed by atoms with Crippen LogP contribution in [0.2, 0.25) is 0 Å². The Hall–Kier alpha value is -0.610. The van der Waals surface area contributed by atoms with E-state index in [1.54, 1.807) is 0 Å². The summed E-state index contributed by atoms with van der Waals surface area (Å²) in [4.78, 5) is 3.07. The van der Waals surface area contributed by atoms with Gasteiger partial charge in [-0.05, 0) is 39.4 Å². The number of hydrogen-bond donors (Lipinski definition) is 1. The third-order valence-electron chi connectivity index (χ3n) is 2.90. The average Bonchev–Trinajstić information content (AvgIpc) is 2.57. The molecule has 1 aromatic heterocycles. The van der Waals surface area contributed by atoms with Gasteiger partial charge in [-0.1, -0.05) is 0 Å². The Bertz CT molecular complexity index is 382. The lowest BCUT2D eigenvalue weighted by Gasteiger charge is -2.17. The fourth-order valence-electron chi connectivity index (χ4n) is 2.24. The number of ether oxygens (including phenoxy) is 1. The van der Waals surface area contributed by atoms with Crippen LogP contribution in [0.3, 0.4) is 0 Å². The molecule has 0 aromatic carbocycles. The minimum atomic E-state index is 0.256. The van der Waals surface area contributed by atoms with Crippen molar-refractivity contribution < 1.29 is 4.74 Å². The molecule has 1 aliphatic heterocycles. The minimum absolute atomic E-state index is 0.256. The fraction of sp³-hybridized carbons (Fsp3) is 0.700. The molecule has 3 nitrogen and oxygen atoms in total. The number of H-pyrrole nitrogens is 1. The lowest BCUT2D eigenvalue weighted by molar-refractivity contribution is 0.0570. The number of nitrogens with one attached hydrogen (secondary N) is 1. The SMILES string of the molecule is Cc1c[nH]c(=S)n1C1CC(C)OC1C. The van der Waals surface area contributed by atoms with Gasteiger partial charge in [0.1, 0.15) is 0 Å². The molecule has 0 spiro atoms. The van der Waals surface area contributed by atoms with Crippen molar-refractivity contribution >= 4 is 12.2 Å². The monoisotopic (exact) mass is 212 g/mol. The maximum absolute atomic E-state index is 5.73. The standard InChI is InChI=1S/C10H16N2OS/c1-6-5-11-10(14)12(6)9-4-7(2)13-8(9)3/h5,7-9H,4H2,1-3H3,(H,11,14). The average molecular weight is 212 g/mol. The Morgan fingerprint density at radius 2 is 2.29 bits per heavy atom. The molecule has 78 valence electrons. The Labute approximate surface area is 89.1 Å². The summed E-state index contributed by atoms with van der Waals surface area (Å²) in [5.41, 5.74) is 1.18. The van der Waals surface area contributed by atoms with E-state index in [1.165, 1.54) is 5.69 Å². The molecule has 2 rings (SSSR count). The van der Waals surface area contributed by atoms with Gasteiger partial charge < -0.3 is 14.3 Å². The number of nitrogens with zero attached hydrogens (tertiary/aromatic N) is 1. The first-order valence-electron chi connectivity index (χ1n) is 5.01. The van der Waals surface area contributed by atoms with Gasteiger partial charge in [0, 0.05) is 11.9 Å². The van der Waals surface area contributed by atoms with Crippen molar-refractivity contribution in [1.29, 1.82) is 0 Å². The van der Waals surface area contributed by atoms with E-state index >= 15 is 0 Å². The summed E-state index contributed by atoms with van der Waals surface area (Å²) in [6, 6.07) is 0.392. The molecular weight excluding hydrogens is 196 g/mol. The van der Waals surface area contributed by atoms with Crippen LogP contribution < -0.4 is 0 Å². The summed E-state index contributed by atoms with van der Waals surface area (Å²) < 4.78 is 8.70. The molecule has 0 radical (unpaired) electrons. The van der Waals surface area contributed by atoms with Gasteiger partial charge in [0.05, 0.1) is 18.2 Å². The molecule has 4 heteroatoms. The first-order chi connectivity index (χ1) is 6.59. The maximum atomic E-state index is 5.73. The maximum Gasteiger partial charge on any atom is 0.177 e. The number of hydrogen-bond acceptors (Lipinski definition) is 2. The highest BCUT2D eigenvalue weighted by Gasteiger charge is 2.31. The highest BCUT2D eigenvalue weighted by Crippen LogP contribution is 2.31. The Kier molecular flexibility index (Phi) is 2.49. The first kappa shape index (κ1) is 9.93. The van der Waals surface area contributed by atoms with Crippen LogP contribution in [0.25, 0.3) is 0 Å². The number of aryl methyl sites for hydroxylation is 1. The van der Waals surface area contributed by atoms with Gasteiger partial charge in [-0.25, -0.2) is 0 Å². The topological polar surface area (TPSA) is 29.9 Å². The van der Waals surface area contributed by atoms with Gasteiger partial charge in [-0.15, -0.1) is 0 Å². The zero-order valence-electron chi connectivity index (χ0n) is 8.78. The summed E-state index contributed by atoms with van der Waals surface area (Å²) in [5, 5.41) is 0. The van der Waals surface area contributed by atoms with Gasteiger partial charge in [0.25, 0.3) is 0 Å². The predicted octanol–water partition coefficient (Wildman–Crippen LogP) is 2.59. The van der Waals surface area contributed by atoms with Crippen LogP contribution in [0.5, 0.6) is 0 Å². The van der Waals surface area contributed by atoms with Crippen molar-refractivity contribution in [3.8, 4) is 0 Å². The molecule has 0 bridgehead atoms. The summed E-state index contributed by atoms with van der Waals surface area (Å²) >= 11 is 5.25. The second-order valence-corrected chi connectivity index (χ2v) is 4.45. The van der Waals surface area contributed by atoms with Crippen LogP contribution >= 0.6 is 12.2 Å². The van der Waals surface area contributed by atoms with Crippen LogP contribution in [-0.4, -0.2) is 21.8 Å². The van der Waals surface area contributed by atoms with E-state index in [-0.39, 0.29) is 6.10 Å². The molecule has 1 N–H and O–H groups in total. The van der Waals surface area contributed by atoms with Gasteiger partial charge in [0.15, 0.2) is 4.77 Å². The molecule has 3 unspecified atom stereocenters. The van der Waals surface area contributed by atoms with E-state index in [4.69, 9.17) is 17.0 Å². The van der Waals surface area contributed by atoms with Crippen molar-refractivity contribution in [1.82, 2.24) is 9.55 Å². The van der Waals surface area contributed by atoms with E-state index < -0.39 is 0 Å². The predicted molar refractivity (Wildman–Crippen MR) is 58.0 cm³/mol. The summed E-state index contributed by atoms with van der Waals surface area (Å²) in [7, 11) is 0. The number of aromatic amines is 1. The molecule has 0 saturated carbocycles. The smallest absolute Gasteiger partial charge is 0.177 e. The van der Waals surface area contributed by atoms with E-state index in [0.717, 1.165) is 11.2 Å². The zero-order valence-corrected chi connectivity index (χ0v) is 9.60. The van der Waals surface area contributed by atoms with Gasteiger partial charge >= 0.3 is 0 Å². The minimum Gasteiger partial charge on any atom is -0.373 e. The van der Waals surface area contributed by atoms with Crippen LogP contribution in [0, 0.1) is 11.7 Å². The molecule has 14 heavy (non-hydrogen) atoms. The van der Waals surface area contributed by atoms with Crippen LogP contribution in [-0.2, 0) is 4.74 Å². The third-order valence-corrected chi connectivity index (χ3v) is 3.21. The Morgan fingerprint density at radius 3 is 2.71 bits per heavy atom. The van der Waals surface area contributed by atoms with Crippen molar-refractivity contribution in [3.63, 3.8) is 0 Å². The molecule has 1 aromatic rings. The van der Waals surface area contributed by atoms with Crippen molar-refractivity contribution in [3.05, 3.63) is 16.7 Å². The molecule has 1 aliphatic rings. The summed E-state index contributed by atoms with van der Waals surface area (Å²) in [6.45, 7) is 6.30. The molecule has 1 fully saturated rings. The largest absolute Gasteiger partial charge is 0.373 e. The third kappa shape index (κ3) is 1.53. The second kappa shape index (κ2) is 3.51. The van der Waals surface area contributed by atoms with Crippen molar-refractivity contribution in [2.75, 3.05) is 0 Å². The van der Waals surface area contributed by atoms with E-state index in [0.29, 0.717) is 12.1 Å². The molecule has 1 saturated heterocycles. The quantitative estimate of drug-likeness (QED) is 0.725. The lowest BCUT2D eigenvalue weighted by Crippen LogP contribution is -2.17. The normalized spacial score (nSPS) is 32.4. The van der Waals surface area contributed by atoms with Gasteiger partial charge in [-0.3, -0.25) is 0 Å². The fourth-order valence-corrected chi connectivity index (χ4v) is 2.58. The Morgan fingerprint density at radius 1 is 1.57 bits per heavy atom. The Balaban J connectivity index is 2.36. The number of rotatable bonds is 1. The van der Waals surface area contributed by atoms with Crippen LogP contribution in [0.15, 0.2) is 6.20 Å². The number of imidazole rings is 1. The summed E-state index contributed by atoms with van der Waals surface area (Å²) in [6.07, 6.45) is 3.60. The highest BCUT2D eigenvalue weighted by molar-refractivity contribution is 7.71. The number of aromatic nitrogens is 2. The lowest BCUT2D eigenvalue weighted by atomic mass is 10.1. The van der Waals surface area contributed by atoms with Gasteiger partial charge in [0.2, 0.25) is 0 Å². The van der Waals surface area contributed by atoms with Crippen LogP contribution in [0.4, 0.5) is 0 Å². The van der Waals surface area contributed by atoms with E-state index in [1.807, 2.05) is 6.20 Å². The summed E-state index contributed by atoms with van der Waals surface area (Å²) in [5.74, 6) is 0. The van der Waals surface area contributed by atoms with Crippen molar-refractivity contribution in [2.24, 2.45) is 0 Å². The van der Waals surface area contributed by atoms with Crippen LogP contribution in [0.1, 0.15) is 32.0 Å². The van der Waals surface area contributed by atoms with E-state index in [2.05, 4.69) is 30.3 Å². The first-order valence-corrected chi connectivity index (χ1v) is 5.42. The van der Waals surface area contributed by atoms with Crippen molar-refractivity contribution in [2.45, 2.75) is 45.4 Å².